The van der Waals surface area contributed by atoms with Crippen LogP contribution in [0.15, 0.2) is 23.6 Å². The summed E-state index contributed by atoms with van der Waals surface area (Å²) in [5, 5.41) is 15.7. The second-order valence-electron chi connectivity index (χ2n) is 5.56. The molecular formula is C17H18N4O2S2. The average molecular weight is 374 g/mol. The van der Waals surface area contributed by atoms with Crippen LogP contribution in [0.25, 0.3) is 10.6 Å². The van der Waals surface area contributed by atoms with Gasteiger partial charge in [0, 0.05) is 11.1 Å². The largest absolute Gasteiger partial charge is 0.478 e. The van der Waals surface area contributed by atoms with Crippen molar-refractivity contribution < 1.29 is 9.90 Å². The number of hydrogen-bond donors (Lipinski definition) is 3. The van der Waals surface area contributed by atoms with Crippen molar-refractivity contribution in [3.63, 3.8) is 0 Å². The first kappa shape index (κ1) is 17.4. The van der Waals surface area contributed by atoms with Crippen LogP contribution < -0.4 is 11.1 Å². The van der Waals surface area contributed by atoms with E-state index in [4.69, 9.17) is 5.73 Å². The maximum Gasteiger partial charge on any atom is 0.335 e. The van der Waals surface area contributed by atoms with Crippen LogP contribution in [0.3, 0.4) is 0 Å². The van der Waals surface area contributed by atoms with Crippen LogP contribution in [0, 0.1) is 6.92 Å². The average Bonchev–Trinajstić information content (AvgIpc) is 3.15. The first-order chi connectivity index (χ1) is 12.0. The van der Waals surface area contributed by atoms with E-state index in [1.165, 1.54) is 22.7 Å². The SMILES string of the molecule is CCCc1ccc(C(=O)O)cc1Nc1nc(-c2sc(N)nc2C)cs1. The van der Waals surface area contributed by atoms with Crippen LogP contribution >= 0.6 is 22.7 Å². The highest BCUT2D eigenvalue weighted by Gasteiger charge is 2.14. The van der Waals surface area contributed by atoms with Gasteiger partial charge in [-0.1, -0.05) is 30.7 Å². The van der Waals surface area contributed by atoms with E-state index in [-0.39, 0.29) is 5.56 Å². The predicted molar refractivity (Wildman–Crippen MR) is 103 cm³/mol. The standard InChI is InChI=1S/C17H18N4O2S2/c1-3-4-10-5-6-11(15(22)23)7-12(10)20-17-21-13(8-24-17)14-9(2)19-16(18)25-14/h5-8H,3-4H2,1-2H3,(H2,18,19)(H,20,21)(H,22,23). The highest BCUT2D eigenvalue weighted by atomic mass is 32.1. The molecule has 6 nitrogen and oxygen atoms in total. The Labute approximate surface area is 153 Å². The fourth-order valence-corrected chi connectivity index (χ4v) is 4.10. The molecule has 1 aromatic carbocycles. The molecule has 0 aliphatic carbocycles. The molecule has 0 atom stereocenters. The van der Waals surface area contributed by atoms with Crippen LogP contribution in [0.1, 0.15) is 35.0 Å². The second kappa shape index (κ2) is 7.20. The summed E-state index contributed by atoms with van der Waals surface area (Å²) in [5.41, 5.74) is 9.55. The lowest BCUT2D eigenvalue weighted by molar-refractivity contribution is 0.0697. The number of aromatic nitrogens is 2. The molecule has 0 bridgehead atoms. The van der Waals surface area contributed by atoms with Gasteiger partial charge in [-0.3, -0.25) is 0 Å². The van der Waals surface area contributed by atoms with Crippen molar-refractivity contribution in [3.05, 3.63) is 40.4 Å². The number of thiazole rings is 2. The lowest BCUT2D eigenvalue weighted by atomic mass is 10.0. The number of rotatable bonds is 6. The number of aromatic carboxylic acids is 1. The molecule has 0 saturated heterocycles. The van der Waals surface area contributed by atoms with E-state index in [1.54, 1.807) is 12.1 Å². The smallest absolute Gasteiger partial charge is 0.335 e. The number of nitrogens with zero attached hydrogens (tertiary/aromatic N) is 2. The third-order valence-corrected chi connectivity index (χ3v) is 5.43. The molecule has 0 aliphatic heterocycles. The number of carbonyl (C=O) groups is 1. The van der Waals surface area contributed by atoms with Gasteiger partial charge in [0.2, 0.25) is 0 Å². The quantitative estimate of drug-likeness (QED) is 0.585. The normalized spacial score (nSPS) is 10.8. The van der Waals surface area contributed by atoms with Gasteiger partial charge in [0.05, 0.1) is 21.8 Å². The lowest BCUT2D eigenvalue weighted by Gasteiger charge is -2.10. The Bertz CT molecular complexity index is 917. The van der Waals surface area contributed by atoms with Crippen LogP contribution in [0.4, 0.5) is 16.0 Å². The number of carboxylic acids is 1. The number of nitrogens with two attached hydrogens (primary N) is 1. The third-order valence-electron chi connectivity index (χ3n) is 3.67. The van der Waals surface area contributed by atoms with Gasteiger partial charge < -0.3 is 16.2 Å². The van der Waals surface area contributed by atoms with Crippen LogP contribution in [0.5, 0.6) is 0 Å². The van der Waals surface area contributed by atoms with Crippen molar-refractivity contribution >= 4 is 44.6 Å². The van der Waals surface area contributed by atoms with Gasteiger partial charge in [-0.2, -0.15) is 0 Å². The molecule has 0 aliphatic rings. The van der Waals surface area contributed by atoms with Crippen molar-refractivity contribution in [2.45, 2.75) is 26.7 Å². The van der Waals surface area contributed by atoms with Crippen LogP contribution in [-0.4, -0.2) is 21.0 Å². The summed E-state index contributed by atoms with van der Waals surface area (Å²) >= 11 is 2.88. The van der Waals surface area contributed by atoms with Crippen molar-refractivity contribution in [2.24, 2.45) is 0 Å². The highest BCUT2D eigenvalue weighted by Crippen LogP contribution is 2.34. The Balaban J connectivity index is 1.91. The predicted octanol–water partition coefficient (Wildman–Crippen LogP) is 4.55. The highest BCUT2D eigenvalue weighted by molar-refractivity contribution is 7.19. The van der Waals surface area contributed by atoms with E-state index in [9.17, 15) is 9.90 Å². The van der Waals surface area contributed by atoms with Crippen molar-refractivity contribution in [1.82, 2.24) is 9.97 Å². The zero-order chi connectivity index (χ0) is 18.0. The van der Waals surface area contributed by atoms with E-state index >= 15 is 0 Å². The Kier molecular flexibility index (Phi) is 5.00. The number of carboxylic acid groups (broad SMARTS) is 1. The topological polar surface area (TPSA) is 101 Å². The number of nitrogen functional groups attached to an aromatic ring is 1. The summed E-state index contributed by atoms with van der Waals surface area (Å²) in [4.78, 5) is 21.0. The minimum atomic E-state index is -0.943. The molecule has 0 amide bonds. The maximum absolute atomic E-state index is 11.2. The number of aryl methyl sites for hydroxylation is 2. The molecule has 130 valence electrons. The minimum absolute atomic E-state index is 0.255. The number of hydrogen-bond acceptors (Lipinski definition) is 7. The van der Waals surface area contributed by atoms with Gasteiger partial charge in [0.1, 0.15) is 0 Å². The Morgan fingerprint density at radius 3 is 2.80 bits per heavy atom. The first-order valence-corrected chi connectivity index (χ1v) is 9.49. The van der Waals surface area contributed by atoms with Crippen molar-refractivity contribution in [1.29, 1.82) is 0 Å². The molecule has 0 saturated carbocycles. The maximum atomic E-state index is 11.2. The van der Waals surface area contributed by atoms with E-state index < -0.39 is 5.97 Å². The van der Waals surface area contributed by atoms with Crippen LogP contribution in [0.2, 0.25) is 0 Å². The number of benzene rings is 1. The summed E-state index contributed by atoms with van der Waals surface area (Å²) in [5.74, 6) is -0.943. The van der Waals surface area contributed by atoms with Crippen molar-refractivity contribution in [2.75, 3.05) is 11.1 Å². The lowest BCUT2D eigenvalue weighted by Crippen LogP contribution is -2.01. The third kappa shape index (κ3) is 3.80. The number of anilines is 3. The summed E-state index contributed by atoms with van der Waals surface area (Å²) in [7, 11) is 0. The fourth-order valence-electron chi connectivity index (χ4n) is 2.52. The summed E-state index contributed by atoms with van der Waals surface area (Å²) < 4.78 is 0. The molecule has 8 heteroatoms. The van der Waals surface area contributed by atoms with Gasteiger partial charge in [-0.15, -0.1) is 11.3 Å². The van der Waals surface area contributed by atoms with Gasteiger partial charge >= 0.3 is 5.97 Å². The summed E-state index contributed by atoms with van der Waals surface area (Å²) in [6, 6.07) is 5.15. The molecule has 3 aromatic rings. The zero-order valence-corrected chi connectivity index (χ0v) is 15.5. The molecule has 3 rings (SSSR count). The second-order valence-corrected chi connectivity index (χ2v) is 7.45. The molecule has 25 heavy (non-hydrogen) atoms. The van der Waals surface area contributed by atoms with E-state index in [0.717, 1.165) is 40.4 Å². The molecule has 0 unspecified atom stereocenters. The first-order valence-electron chi connectivity index (χ1n) is 7.80. The molecule has 0 radical (unpaired) electrons. The summed E-state index contributed by atoms with van der Waals surface area (Å²) in [6.07, 6.45) is 1.84. The summed E-state index contributed by atoms with van der Waals surface area (Å²) in [6.45, 7) is 4.00. The molecule has 4 N–H and O–H groups in total. The monoisotopic (exact) mass is 374 g/mol. The Morgan fingerprint density at radius 1 is 1.36 bits per heavy atom. The molecule has 0 fully saturated rings. The van der Waals surface area contributed by atoms with E-state index in [0.29, 0.717) is 10.3 Å². The molecule has 0 spiro atoms. The van der Waals surface area contributed by atoms with Crippen LogP contribution in [-0.2, 0) is 6.42 Å². The van der Waals surface area contributed by atoms with E-state index in [1.807, 2.05) is 18.4 Å². The number of nitrogens with one attached hydrogen (secondary N) is 1. The van der Waals surface area contributed by atoms with Gasteiger partial charge in [-0.05, 0) is 31.0 Å². The Hall–Kier alpha value is -2.45. The zero-order valence-electron chi connectivity index (χ0n) is 13.9. The van der Waals surface area contributed by atoms with E-state index in [2.05, 4.69) is 22.2 Å². The molecular weight excluding hydrogens is 356 g/mol. The molecule has 2 aromatic heterocycles. The Morgan fingerprint density at radius 2 is 2.16 bits per heavy atom. The van der Waals surface area contributed by atoms with Gasteiger partial charge in [-0.25, -0.2) is 14.8 Å². The van der Waals surface area contributed by atoms with Gasteiger partial charge in [0.25, 0.3) is 0 Å². The van der Waals surface area contributed by atoms with Gasteiger partial charge in [0.15, 0.2) is 10.3 Å². The van der Waals surface area contributed by atoms with Crippen molar-refractivity contribution in [3.8, 4) is 10.6 Å². The molecule has 2 heterocycles. The fraction of sp³-hybridized carbons (Fsp3) is 0.235. The minimum Gasteiger partial charge on any atom is -0.478 e.